The van der Waals surface area contributed by atoms with Gasteiger partial charge in [0.25, 0.3) is 0 Å². The number of rotatable bonds is 9. The van der Waals surface area contributed by atoms with E-state index in [9.17, 15) is 0 Å². The molecule has 0 bridgehead atoms. The number of nitrogens with zero attached hydrogens (tertiary/aromatic N) is 3. The SMILES string of the molecule is CC[C@H](C)/C=C(\CCCN=[N+]=[N-])CO[Si](C)(C)C(C)(C)C. The molecule has 0 aromatic rings. The second kappa shape index (κ2) is 9.29. The summed E-state index contributed by atoms with van der Waals surface area (Å²) >= 11 is 0. The van der Waals surface area contributed by atoms with Crippen molar-refractivity contribution in [3.63, 3.8) is 0 Å². The van der Waals surface area contributed by atoms with Crippen LogP contribution in [0.1, 0.15) is 53.9 Å². The lowest BCUT2D eigenvalue weighted by Gasteiger charge is -2.36. The molecule has 0 N–H and O–H groups in total. The summed E-state index contributed by atoms with van der Waals surface area (Å²) in [4.78, 5) is 2.81. The van der Waals surface area contributed by atoms with Gasteiger partial charge < -0.3 is 4.43 Å². The minimum atomic E-state index is -1.71. The fourth-order valence-corrected chi connectivity index (χ4v) is 2.61. The van der Waals surface area contributed by atoms with Crippen molar-refractivity contribution in [1.29, 1.82) is 0 Å². The van der Waals surface area contributed by atoms with Crippen molar-refractivity contribution in [2.45, 2.75) is 72.0 Å². The van der Waals surface area contributed by atoms with E-state index in [-0.39, 0.29) is 5.04 Å². The molecule has 0 unspecified atom stereocenters. The lowest BCUT2D eigenvalue weighted by atomic mass is 10.0. The highest BCUT2D eigenvalue weighted by atomic mass is 28.4. The molecule has 0 fully saturated rings. The summed E-state index contributed by atoms with van der Waals surface area (Å²) in [5.41, 5.74) is 9.69. The molecule has 122 valence electrons. The predicted octanol–water partition coefficient (Wildman–Crippen LogP) is 6.07. The zero-order valence-electron chi connectivity index (χ0n) is 14.9. The zero-order chi connectivity index (χ0) is 16.5. The molecule has 0 amide bonds. The van der Waals surface area contributed by atoms with E-state index in [0.29, 0.717) is 12.5 Å². The number of hydrogen-bond donors (Lipinski definition) is 0. The van der Waals surface area contributed by atoms with Crippen LogP contribution in [-0.4, -0.2) is 21.5 Å². The van der Waals surface area contributed by atoms with Gasteiger partial charge >= 0.3 is 0 Å². The highest BCUT2D eigenvalue weighted by Gasteiger charge is 2.37. The Hall–Kier alpha value is -0.773. The summed E-state index contributed by atoms with van der Waals surface area (Å²) in [6, 6.07) is 0. The monoisotopic (exact) mass is 311 g/mol. The summed E-state index contributed by atoms with van der Waals surface area (Å²) in [7, 11) is -1.71. The summed E-state index contributed by atoms with van der Waals surface area (Å²) < 4.78 is 6.33. The topological polar surface area (TPSA) is 58.0 Å². The largest absolute Gasteiger partial charge is 0.413 e. The lowest BCUT2D eigenvalue weighted by molar-refractivity contribution is 0.313. The molecule has 4 nitrogen and oxygen atoms in total. The fourth-order valence-electron chi connectivity index (χ4n) is 1.64. The Bertz CT molecular complexity index is 379. The minimum absolute atomic E-state index is 0.236. The number of azide groups is 1. The van der Waals surface area contributed by atoms with Crippen LogP contribution in [-0.2, 0) is 4.43 Å². The van der Waals surface area contributed by atoms with Gasteiger partial charge in [-0.25, -0.2) is 0 Å². The first-order valence-electron chi connectivity index (χ1n) is 7.98. The van der Waals surface area contributed by atoms with Crippen LogP contribution >= 0.6 is 0 Å². The molecule has 0 aliphatic carbocycles. The van der Waals surface area contributed by atoms with Gasteiger partial charge in [0.2, 0.25) is 0 Å². The van der Waals surface area contributed by atoms with Gasteiger partial charge in [0.05, 0.1) is 6.61 Å². The Balaban J connectivity index is 4.68. The van der Waals surface area contributed by atoms with Crippen LogP contribution < -0.4 is 0 Å². The van der Waals surface area contributed by atoms with E-state index in [4.69, 9.17) is 9.96 Å². The molecule has 0 aliphatic heterocycles. The standard InChI is InChI=1S/C16H33N3OSi/c1-8-14(2)12-15(10-9-11-18-19-17)13-20-21(6,7)16(3,4)5/h12,14H,8-11,13H2,1-7H3/b15-12+/t14-/m0/s1. The third-order valence-corrected chi connectivity index (χ3v) is 8.89. The fraction of sp³-hybridized carbons (Fsp3) is 0.875. The maximum absolute atomic E-state index is 8.34. The second-order valence-electron chi connectivity index (χ2n) is 7.32. The highest BCUT2D eigenvalue weighted by molar-refractivity contribution is 6.74. The molecule has 0 aromatic carbocycles. The molecule has 5 heteroatoms. The lowest BCUT2D eigenvalue weighted by Crippen LogP contribution is -2.41. The van der Waals surface area contributed by atoms with Gasteiger partial charge in [-0.05, 0) is 48.0 Å². The Kier molecular flexibility index (Phi) is 8.94. The smallest absolute Gasteiger partial charge is 0.192 e. The molecule has 0 aliphatic rings. The Morgan fingerprint density at radius 1 is 1.38 bits per heavy atom. The Morgan fingerprint density at radius 2 is 2.00 bits per heavy atom. The van der Waals surface area contributed by atoms with Crippen LogP contribution in [0.5, 0.6) is 0 Å². The maximum atomic E-state index is 8.34. The zero-order valence-corrected chi connectivity index (χ0v) is 15.9. The van der Waals surface area contributed by atoms with E-state index in [0.717, 1.165) is 25.9 Å². The van der Waals surface area contributed by atoms with Crippen LogP contribution in [0, 0.1) is 5.92 Å². The molecule has 0 radical (unpaired) electrons. The third kappa shape index (κ3) is 8.30. The van der Waals surface area contributed by atoms with Gasteiger partial charge in [-0.2, -0.15) is 0 Å². The van der Waals surface area contributed by atoms with Crippen molar-refractivity contribution in [3.8, 4) is 0 Å². The van der Waals surface area contributed by atoms with E-state index in [1.807, 2.05) is 0 Å². The average molecular weight is 312 g/mol. The van der Waals surface area contributed by atoms with Crippen LogP contribution in [0.15, 0.2) is 16.8 Å². The van der Waals surface area contributed by atoms with Crippen LogP contribution in [0.4, 0.5) is 0 Å². The highest BCUT2D eigenvalue weighted by Crippen LogP contribution is 2.37. The van der Waals surface area contributed by atoms with Crippen LogP contribution in [0.2, 0.25) is 18.1 Å². The maximum Gasteiger partial charge on any atom is 0.192 e. The molecule has 0 aromatic heterocycles. The molecule has 0 heterocycles. The molecule has 0 spiro atoms. The van der Waals surface area contributed by atoms with Gasteiger partial charge in [-0.15, -0.1) is 0 Å². The first-order chi connectivity index (χ1) is 9.64. The minimum Gasteiger partial charge on any atom is -0.413 e. The van der Waals surface area contributed by atoms with E-state index in [2.05, 4.69) is 63.8 Å². The van der Waals surface area contributed by atoms with Gasteiger partial charge in [0.15, 0.2) is 8.32 Å². The van der Waals surface area contributed by atoms with E-state index in [1.54, 1.807) is 0 Å². The summed E-state index contributed by atoms with van der Waals surface area (Å²) in [5, 5.41) is 3.85. The molecular weight excluding hydrogens is 278 g/mol. The first kappa shape index (κ1) is 20.2. The van der Waals surface area contributed by atoms with Crippen molar-refractivity contribution in [3.05, 3.63) is 22.1 Å². The second-order valence-corrected chi connectivity index (χ2v) is 12.1. The van der Waals surface area contributed by atoms with E-state index in [1.165, 1.54) is 5.57 Å². The summed E-state index contributed by atoms with van der Waals surface area (Å²) in [6.07, 6.45) is 5.33. The quantitative estimate of drug-likeness (QED) is 0.127. The van der Waals surface area contributed by atoms with Crippen molar-refractivity contribution in [2.75, 3.05) is 13.2 Å². The van der Waals surface area contributed by atoms with Gasteiger partial charge in [-0.3, -0.25) is 0 Å². The van der Waals surface area contributed by atoms with Crippen LogP contribution in [0.3, 0.4) is 0 Å². The van der Waals surface area contributed by atoms with Crippen molar-refractivity contribution in [2.24, 2.45) is 11.0 Å². The summed E-state index contributed by atoms with van der Waals surface area (Å²) in [6.45, 7) is 17.1. The van der Waals surface area contributed by atoms with Crippen LogP contribution in [0.25, 0.3) is 10.4 Å². The third-order valence-electron chi connectivity index (χ3n) is 4.41. The van der Waals surface area contributed by atoms with E-state index < -0.39 is 8.32 Å². The first-order valence-corrected chi connectivity index (χ1v) is 10.9. The predicted molar refractivity (Wildman–Crippen MR) is 93.9 cm³/mol. The summed E-state index contributed by atoms with van der Waals surface area (Å²) in [5.74, 6) is 0.572. The molecule has 0 saturated heterocycles. The Labute approximate surface area is 131 Å². The average Bonchev–Trinajstić information content (AvgIpc) is 2.39. The van der Waals surface area contributed by atoms with Gasteiger partial charge in [0, 0.05) is 11.5 Å². The molecular formula is C16H33N3OSi. The van der Waals surface area contributed by atoms with Crippen molar-refractivity contribution in [1.82, 2.24) is 0 Å². The van der Waals surface area contributed by atoms with Crippen molar-refractivity contribution >= 4 is 8.32 Å². The number of allylic oxidation sites excluding steroid dienone is 1. The normalized spacial score (nSPS) is 14.7. The Morgan fingerprint density at radius 3 is 2.48 bits per heavy atom. The molecule has 21 heavy (non-hydrogen) atoms. The molecule has 0 rings (SSSR count). The molecule has 1 atom stereocenters. The van der Waals surface area contributed by atoms with E-state index >= 15 is 0 Å². The van der Waals surface area contributed by atoms with Crippen molar-refractivity contribution < 1.29 is 4.43 Å². The number of hydrogen-bond acceptors (Lipinski definition) is 2. The van der Waals surface area contributed by atoms with Gasteiger partial charge in [0.1, 0.15) is 0 Å². The van der Waals surface area contributed by atoms with Gasteiger partial charge in [-0.1, -0.05) is 52.2 Å². The molecule has 0 saturated carbocycles.